The lowest BCUT2D eigenvalue weighted by molar-refractivity contribution is 0.0986. The Labute approximate surface area is 80.3 Å². The van der Waals surface area contributed by atoms with Gasteiger partial charge in [-0.25, -0.2) is 0 Å². The maximum atomic E-state index is 11.1. The molecule has 0 aliphatic carbocycles. The topological polar surface area (TPSA) is 29.1 Å². The highest BCUT2D eigenvalue weighted by Crippen LogP contribution is 2.05. The van der Waals surface area contributed by atoms with Gasteiger partial charge in [-0.1, -0.05) is 19.1 Å². The number of nitrogens with one attached hydrogen (secondary N) is 1. The Hall–Kier alpha value is -0.830. The molecule has 0 aliphatic rings. The molecule has 0 spiro atoms. The maximum absolute atomic E-state index is 11.1. The van der Waals surface area contributed by atoms with E-state index < -0.39 is 0 Å². The summed E-state index contributed by atoms with van der Waals surface area (Å²) in [6.45, 7) is 2.06. The van der Waals surface area contributed by atoms with Crippen molar-refractivity contribution in [2.45, 2.75) is 13.3 Å². The number of benzene rings is 1. The summed E-state index contributed by atoms with van der Waals surface area (Å²) >= 11 is 2.90. The van der Waals surface area contributed by atoms with E-state index in [1.807, 2.05) is 18.2 Å². The van der Waals surface area contributed by atoms with Crippen molar-refractivity contribution in [2.24, 2.45) is 0 Å². The molecular weight excluding hydrogens is 218 g/mol. The summed E-state index contributed by atoms with van der Waals surface area (Å²) in [5.74, 6) is -0.106. The van der Waals surface area contributed by atoms with Gasteiger partial charge in [0.25, 0.3) is 5.91 Å². The molecule has 0 bridgehead atoms. The standard InChI is InChI=1S/C9H10BrNO/c1-2-7-4-3-5-8(6-7)9(12)11-10/h3-6H,2H2,1H3,(H,11,12). The normalized spacial score (nSPS) is 9.50. The molecule has 1 rings (SSSR count). The average molecular weight is 228 g/mol. The molecule has 1 N–H and O–H groups in total. The predicted molar refractivity (Wildman–Crippen MR) is 52.2 cm³/mol. The minimum absolute atomic E-state index is 0.106. The fraction of sp³-hybridized carbons (Fsp3) is 0.222. The van der Waals surface area contributed by atoms with Gasteiger partial charge >= 0.3 is 0 Å². The number of carbonyl (C=O) groups is 1. The van der Waals surface area contributed by atoms with Crippen LogP contribution in [0.25, 0.3) is 0 Å². The molecule has 0 heterocycles. The molecule has 64 valence electrons. The van der Waals surface area contributed by atoms with Gasteiger partial charge in [-0.05, 0) is 24.1 Å². The van der Waals surface area contributed by atoms with Crippen molar-refractivity contribution >= 4 is 22.1 Å². The summed E-state index contributed by atoms with van der Waals surface area (Å²) in [6.07, 6.45) is 0.948. The zero-order valence-electron chi connectivity index (χ0n) is 6.80. The van der Waals surface area contributed by atoms with Crippen LogP contribution in [0.4, 0.5) is 0 Å². The van der Waals surface area contributed by atoms with Gasteiger partial charge in [0.2, 0.25) is 0 Å². The fourth-order valence-corrected chi connectivity index (χ4v) is 1.22. The van der Waals surface area contributed by atoms with Crippen molar-refractivity contribution in [3.63, 3.8) is 0 Å². The Morgan fingerprint density at radius 2 is 2.33 bits per heavy atom. The van der Waals surface area contributed by atoms with Crippen molar-refractivity contribution in [1.82, 2.24) is 4.34 Å². The molecular formula is C9H10BrNO. The summed E-state index contributed by atoms with van der Waals surface area (Å²) in [5.41, 5.74) is 1.86. The summed E-state index contributed by atoms with van der Waals surface area (Å²) in [4.78, 5) is 11.1. The first-order chi connectivity index (χ1) is 5.77. The van der Waals surface area contributed by atoms with E-state index >= 15 is 0 Å². The molecule has 2 nitrogen and oxygen atoms in total. The molecule has 1 aromatic rings. The molecule has 0 saturated carbocycles. The molecule has 0 radical (unpaired) electrons. The van der Waals surface area contributed by atoms with E-state index in [2.05, 4.69) is 27.4 Å². The van der Waals surface area contributed by atoms with Crippen LogP contribution in [0.2, 0.25) is 0 Å². The van der Waals surface area contributed by atoms with Crippen LogP contribution in [0.1, 0.15) is 22.8 Å². The van der Waals surface area contributed by atoms with Crippen LogP contribution < -0.4 is 4.34 Å². The summed E-state index contributed by atoms with van der Waals surface area (Å²) in [7, 11) is 0. The third-order valence-electron chi connectivity index (χ3n) is 1.68. The molecule has 0 fully saturated rings. The lowest BCUT2D eigenvalue weighted by atomic mass is 10.1. The van der Waals surface area contributed by atoms with Gasteiger partial charge in [-0.3, -0.25) is 9.14 Å². The van der Waals surface area contributed by atoms with Crippen LogP contribution in [-0.4, -0.2) is 5.91 Å². The van der Waals surface area contributed by atoms with E-state index in [1.54, 1.807) is 6.07 Å². The first-order valence-electron chi connectivity index (χ1n) is 3.78. The molecule has 3 heteroatoms. The average Bonchev–Trinajstić information content (AvgIpc) is 2.17. The minimum atomic E-state index is -0.106. The summed E-state index contributed by atoms with van der Waals surface area (Å²) in [5, 5.41) is 0. The van der Waals surface area contributed by atoms with Crippen molar-refractivity contribution in [3.05, 3.63) is 35.4 Å². The predicted octanol–water partition coefficient (Wildman–Crippen LogP) is 2.29. The number of amides is 1. The van der Waals surface area contributed by atoms with E-state index in [-0.39, 0.29) is 5.91 Å². The molecule has 0 unspecified atom stereocenters. The van der Waals surface area contributed by atoms with E-state index in [0.29, 0.717) is 5.56 Å². The van der Waals surface area contributed by atoms with E-state index in [0.717, 1.165) is 6.42 Å². The lowest BCUT2D eigenvalue weighted by Gasteiger charge is -2.00. The number of aryl methyl sites for hydroxylation is 1. The first kappa shape index (κ1) is 9.26. The van der Waals surface area contributed by atoms with Crippen molar-refractivity contribution in [2.75, 3.05) is 0 Å². The minimum Gasteiger partial charge on any atom is -0.289 e. The van der Waals surface area contributed by atoms with Gasteiger partial charge in [0, 0.05) is 21.7 Å². The Morgan fingerprint density at radius 3 is 2.92 bits per heavy atom. The smallest absolute Gasteiger partial charge is 0.261 e. The van der Waals surface area contributed by atoms with Crippen LogP contribution in [0, 0.1) is 0 Å². The second kappa shape index (κ2) is 4.26. The highest BCUT2D eigenvalue weighted by molar-refractivity contribution is 9.08. The van der Waals surface area contributed by atoms with Gasteiger partial charge in [-0.2, -0.15) is 0 Å². The van der Waals surface area contributed by atoms with Crippen molar-refractivity contribution in [1.29, 1.82) is 0 Å². The zero-order valence-corrected chi connectivity index (χ0v) is 8.39. The zero-order chi connectivity index (χ0) is 8.97. The second-order valence-electron chi connectivity index (χ2n) is 2.48. The molecule has 0 saturated heterocycles. The number of hydrogen-bond acceptors (Lipinski definition) is 1. The van der Waals surface area contributed by atoms with E-state index in [4.69, 9.17) is 0 Å². The highest BCUT2D eigenvalue weighted by atomic mass is 79.9. The Morgan fingerprint density at radius 1 is 1.58 bits per heavy atom. The van der Waals surface area contributed by atoms with Gasteiger partial charge in [-0.15, -0.1) is 0 Å². The summed E-state index contributed by atoms with van der Waals surface area (Å²) < 4.78 is 2.41. The number of carbonyl (C=O) groups excluding carboxylic acids is 1. The van der Waals surface area contributed by atoms with Gasteiger partial charge < -0.3 is 0 Å². The number of rotatable bonds is 2. The van der Waals surface area contributed by atoms with E-state index in [1.165, 1.54) is 5.56 Å². The van der Waals surface area contributed by atoms with E-state index in [9.17, 15) is 4.79 Å². The number of hydrogen-bond donors (Lipinski definition) is 1. The van der Waals surface area contributed by atoms with Gasteiger partial charge in [0.05, 0.1) is 0 Å². The molecule has 12 heavy (non-hydrogen) atoms. The van der Waals surface area contributed by atoms with Gasteiger partial charge in [0.15, 0.2) is 0 Å². The van der Waals surface area contributed by atoms with Crippen LogP contribution in [0.15, 0.2) is 24.3 Å². The number of halogens is 1. The lowest BCUT2D eigenvalue weighted by Crippen LogP contribution is -2.11. The molecule has 0 aromatic heterocycles. The SMILES string of the molecule is CCc1cccc(C(=O)NBr)c1. The Balaban J connectivity index is 2.93. The Bertz CT molecular complexity index is 286. The fourth-order valence-electron chi connectivity index (χ4n) is 0.987. The Kier molecular flexibility index (Phi) is 3.29. The third-order valence-corrected chi connectivity index (χ3v) is 2.04. The van der Waals surface area contributed by atoms with Gasteiger partial charge in [0.1, 0.15) is 0 Å². The largest absolute Gasteiger partial charge is 0.289 e. The molecule has 1 aromatic carbocycles. The second-order valence-corrected chi connectivity index (χ2v) is 2.87. The van der Waals surface area contributed by atoms with Crippen molar-refractivity contribution in [3.8, 4) is 0 Å². The van der Waals surface area contributed by atoms with Crippen LogP contribution in [-0.2, 0) is 6.42 Å². The third kappa shape index (κ3) is 2.08. The molecule has 0 atom stereocenters. The maximum Gasteiger partial charge on any atom is 0.261 e. The van der Waals surface area contributed by atoms with Crippen LogP contribution >= 0.6 is 16.1 Å². The first-order valence-corrected chi connectivity index (χ1v) is 4.57. The van der Waals surface area contributed by atoms with Crippen molar-refractivity contribution < 1.29 is 4.79 Å². The van der Waals surface area contributed by atoms with Crippen LogP contribution in [0.5, 0.6) is 0 Å². The van der Waals surface area contributed by atoms with Crippen LogP contribution in [0.3, 0.4) is 0 Å². The summed E-state index contributed by atoms with van der Waals surface area (Å²) in [6, 6.07) is 7.56. The quantitative estimate of drug-likeness (QED) is 0.773. The molecule has 1 amide bonds. The molecule has 0 aliphatic heterocycles. The highest BCUT2D eigenvalue weighted by Gasteiger charge is 2.02. The monoisotopic (exact) mass is 227 g/mol.